The molecule has 1 amide bonds. The maximum absolute atomic E-state index is 12.4. The van der Waals surface area contributed by atoms with Crippen LogP contribution in [0.2, 0.25) is 0 Å². The Morgan fingerprint density at radius 3 is 2.56 bits per heavy atom. The molecule has 180 valence electrons. The van der Waals surface area contributed by atoms with E-state index in [9.17, 15) is 13.2 Å². The maximum Gasteiger partial charge on any atom is 0.410 e. The zero-order valence-electron chi connectivity index (χ0n) is 20.0. The van der Waals surface area contributed by atoms with Crippen molar-refractivity contribution in [3.05, 3.63) is 54.1 Å². The van der Waals surface area contributed by atoms with Crippen molar-refractivity contribution in [2.24, 2.45) is 0 Å². The fraction of sp³-hybridized carbons (Fsp3) is 0.375. The van der Waals surface area contributed by atoms with Gasteiger partial charge in [-0.25, -0.2) is 23.2 Å². The molecule has 10 heteroatoms. The Labute approximate surface area is 199 Å². The van der Waals surface area contributed by atoms with Crippen molar-refractivity contribution in [1.82, 2.24) is 19.3 Å². The number of aromatic nitrogens is 3. The molecule has 3 aromatic rings. The first-order valence-electron chi connectivity index (χ1n) is 11.0. The highest BCUT2D eigenvalue weighted by atomic mass is 32.2. The molecule has 3 aromatic heterocycles. The van der Waals surface area contributed by atoms with Gasteiger partial charge < -0.3 is 15.0 Å². The molecule has 4 rings (SSSR count). The quantitative estimate of drug-likeness (QED) is 0.592. The van der Waals surface area contributed by atoms with Crippen LogP contribution in [0.3, 0.4) is 0 Å². The molecule has 4 heterocycles. The second kappa shape index (κ2) is 8.75. The van der Waals surface area contributed by atoms with Crippen LogP contribution in [0.4, 0.5) is 16.2 Å². The number of imidazole rings is 1. The number of carbonyl (C=O) groups excluding carboxylic acids is 1. The van der Waals surface area contributed by atoms with Crippen LogP contribution in [0, 0.1) is 6.92 Å². The number of hydrogen-bond donors (Lipinski definition) is 1. The lowest BCUT2D eigenvalue weighted by Gasteiger charge is -2.29. The van der Waals surface area contributed by atoms with E-state index in [1.54, 1.807) is 17.9 Å². The predicted molar refractivity (Wildman–Crippen MR) is 131 cm³/mol. The van der Waals surface area contributed by atoms with E-state index >= 15 is 0 Å². The van der Waals surface area contributed by atoms with Gasteiger partial charge in [-0.1, -0.05) is 6.08 Å². The second-order valence-corrected chi connectivity index (χ2v) is 11.3. The van der Waals surface area contributed by atoms with Crippen LogP contribution in [0.25, 0.3) is 11.2 Å². The number of anilines is 2. The van der Waals surface area contributed by atoms with Crippen molar-refractivity contribution >= 4 is 38.5 Å². The van der Waals surface area contributed by atoms with Gasteiger partial charge in [-0.2, -0.15) is 0 Å². The molecule has 0 atom stereocenters. The van der Waals surface area contributed by atoms with Gasteiger partial charge in [-0.05, 0) is 64.0 Å². The number of rotatable bonds is 4. The Morgan fingerprint density at radius 1 is 1.18 bits per heavy atom. The van der Waals surface area contributed by atoms with E-state index in [4.69, 9.17) is 4.74 Å². The number of nitrogens with zero attached hydrogens (tertiary/aromatic N) is 4. The Kier molecular flexibility index (Phi) is 6.11. The molecule has 0 bridgehead atoms. The minimum absolute atomic E-state index is 0.0431. The third-order valence-electron chi connectivity index (χ3n) is 5.44. The molecule has 34 heavy (non-hydrogen) atoms. The summed E-state index contributed by atoms with van der Waals surface area (Å²) in [6.07, 6.45) is 7.34. The monoisotopic (exact) mass is 483 g/mol. The van der Waals surface area contributed by atoms with Crippen LogP contribution in [0.5, 0.6) is 0 Å². The molecule has 9 nitrogen and oxygen atoms in total. The van der Waals surface area contributed by atoms with Crippen molar-refractivity contribution in [3.63, 3.8) is 0 Å². The molecule has 0 radical (unpaired) electrons. The summed E-state index contributed by atoms with van der Waals surface area (Å²) in [6.45, 7) is 8.39. The third kappa shape index (κ3) is 5.06. The van der Waals surface area contributed by atoms with Gasteiger partial charge in [0.25, 0.3) is 0 Å². The number of ether oxygens (including phenoxy) is 1. The third-order valence-corrected chi connectivity index (χ3v) is 6.42. The highest BCUT2D eigenvalue weighted by molar-refractivity contribution is 7.90. The Bertz CT molecular complexity index is 1390. The van der Waals surface area contributed by atoms with Gasteiger partial charge in [-0.3, -0.25) is 4.40 Å². The number of sulfone groups is 1. The van der Waals surface area contributed by atoms with Gasteiger partial charge in [0.05, 0.1) is 29.0 Å². The first kappa shape index (κ1) is 23.7. The van der Waals surface area contributed by atoms with Crippen LogP contribution < -0.4 is 5.32 Å². The van der Waals surface area contributed by atoms with Crippen molar-refractivity contribution < 1.29 is 17.9 Å². The second-order valence-electron chi connectivity index (χ2n) is 9.34. The van der Waals surface area contributed by atoms with E-state index in [0.29, 0.717) is 30.9 Å². The number of amides is 1. The van der Waals surface area contributed by atoms with Crippen molar-refractivity contribution in [1.29, 1.82) is 0 Å². The Hall–Kier alpha value is -3.40. The summed E-state index contributed by atoms with van der Waals surface area (Å²) in [6, 6.07) is 7.03. The molecule has 0 aromatic carbocycles. The fourth-order valence-corrected chi connectivity index (χ4v) is 4.38. The molecule has 1 N–H and O–H groups in total. The largest absolute Gasteiger partial charge is 0.444 e. The van der Waals surface area contributed by atoms with Gasteiger partial charge in [0.1, 0.15) is 5.60 Å². The molecular formula is C24H29N5O4S. The first-order chi connectivity index (χ1) is 15.9. The lowest BCUT2D eigenvalue weighted by Crippen LogP contribution is -2.39. The van der Waals surface area contributed by atoms with Crippen molar-refractivity contribution in [3.8, 4) is 0 Å². The van der Waals surface area contributed by atoms with Crippen molar-refractivity contribution in [2.45, 2.75) is 44.7 Å². The number of carbonyl (C=O) groups is 1. The van der Waals surface area contributed by atoms with E-state index in [1.807, 2.05) is 55.8 Å². The van der Waals surface area contributed by atoms with Gasteiger partial charge in [0, 0.05) is 25.5 Å². The predicted octanol–water partition coefficient (Wildman–Crippen LogP) is 4.21. The minimum atomic E-state index is -3.37. The van der Waals surface area contributed by atoms with Crippen LogP contribution in [0.1, 0.15) is 38.6 Å². The molecule has 0 aliphatic carbocycles. The summed E-state index contributed by atoms with van der Waals surface area (Å²) in [5, 5.41) is 3.37. The minimum Gasteiger partial charge on any atom is -0.444 e. The number of fused-ring (bicyclic) bond motifs is 1. The van der Waals surface area contributed by atoms with E-state index in [2.05, 4.69) is 15.3 Å². The molecule has 0 unspecified atom stereocenters. The van der Waals surface area contributed by atoms with Crippen molar-refractivity contribution in [2.75, 3.05) is 24.7 Å². The molecule has 0 saturated carbocycles. The van der Waals surface area contributed by atoms with E-state index in [0.717, 1.165) is 28.9 Å². The van der Waals surface area contributed by atoms with Gasteiger partial charge in [0.2, 0.25) is 0 Å². The molecule has 0 spiro atoms. The van der Waals surface area contributed by atoms with Crippen LogP contribution in [-0.4, -0.2) is 58.7 Å². The van der Waals surface area contributed by atoms with Crippen LogP contribution in [-0.2, 0) is 14.6 Å². The Morgan fingerprint density at radius 2 is 1.94 bits per heavy atom. The van der Waals surface area contributed by atoms with E-state index in [-0.39, 0.29) is 11.1 Å². The van der Waals surface area contributed by atoms with Crippen LogP contribution in [0.15, 0.2) is 47.8 Å². The maximum atomic E-state index is 12.4. The van der Waals surface area contributed by atoms with Crippen LogP contribution >= 0.6 is 0 Å². The summed E-state index contributed by atoms with van der Waals surface area (Å²) in [7, 11) is -3.37. The average molecular weight is 484 g/mol. The number of nitrogens with one attached hydrogen (secondary N) is 1. The lowest BCUT2D eigenvalue weighted by molar-refractivity contribution is 0.0270. The smallest absolute Gasteiger partial charge is 0.410 e. The highest BCUT2D eigenvalue weighted by Crippen LogP contribution is 2.29. The van der Waals surface area contributed by atoms with E-state index in [1.165, 1.54) is 6.07 Å². The normalized spacial score (nSPS) is 14.7. The summed E-state index contributed by atoms with van der Waals surface area (Å²) >= 11 is 0. The lowest BCUT2D eigenvalue weighted by atomic mass is 10.1. The summed E-state index contributed by atoms with van der Waals surface area (Å²) in [4.78, 5) is 22.9. The fourth-order valence-electron chi connectivity index (χ4n) is 3.76. The standard InChI is InChI=1S/C24H29N5O4S/c1-16-18(8-9-21(26-16)34(5,31)32)27-19-7-6-12-29-20(15-25-22(19)29)17-10-13-28(14-11-17)23(30)33-24(2,3)4/h6-10,12,15,27H,11,13-14H2,1-5H3. The molecular weight excluding hydrogens is 454 g/mol. The average Bonchev–Trinajstić information content (AvgIpc) is 3.18. The zero-order chi connectivity index (χ0) is 24.7. The number of pyridine rings is 2. The molecule has 1 aliphatic heterocycles. The number of hydrogen-bond acceptors (Lipinski definition) is 7. The molecule has 0 saturated heterocycles. The highest BCUT2D eigenvalue weighted by Gasteiger charge is 2.25. The summed E-state index contributed by atoms with van der Waals surface area (Å²) in [5.41, 5.74) is 4.34. The van der Waals surface area contributed by atoms with Gasteiger partial charge >= 0.3 is 6.09 Å². The first-order valence-corrected chi connectivity index (χ1v) is 12.9. The Balaban J connectivity index is 1.57. The van der Waals surface area contributed by atoms with Gasteiger partial charge in [-0.15, -0.1) is 0 Å². The van der Waals surface area contributed by atoms with E-state index < -0.39 is 15.4 Å². The van der Waals surface area contributed by atoms with Gasteiger partial charge in [0.15, 0.2) is 20.5 Å². The zero-order valence-corrected chi connectivity index (χ0v) is 20.8. The number of aryl methyl sites for hydroxylation is 1. The SMILES string of the molecule is Cc1nc(S(C)(=O)=O)ccc1Nc1cccn2c(C3=CCN(C(=O)OC(C)(C)C)CC3)cnc12. The molecule has 0 fully saturated rings. The summed E-state index contributed by atoms with van der Waals surface area (Å²) < 4.78 is 31.0. The summed E-state index contributed by atoms with van der Waals surface area (Å²) in [5.74, 6) is 0. The topological polar surface area (TPSA) is 106 Å². The molecule has 1 aliphatic rings.